The minimum atomic E-state index is -0.273. The fourth-order valence-corrected chi connectivity index (χ4v) is 3.22. The Morgan fingerprint density at radius 2 is 1.63 bits per heavy atom. The molecule has 0 fully saturated rings. The van der Waals surface area contributed by atoms with Crippen molar-refractivity contribution in [2.24, 2.45) is 0 Å². The zero-order valence-corrected chi connectivity index (χ0v) is 15.5. The number of hydrogen-bond acceptors (Lipinski definition) is 2. The van der Waals surface area contributed by atoms with Gasteiger partial charge in [0.05, 0.1) is 12.6 Å². The molecule has 0 saturated heterocycles. The summed E-state index contributed by atoms with van der Waals surface area (Å²) in [5.74, 6) is -0.364. The number of carbonyl (C=O) groups excluding carboxylic acids is 1. The fourth-order valence-electron chi connectivity index (χ4n) is 3.22. The van der Waals surface area contributed by atoms with E-state index in [1.54, 1.807) is 12.1 Å². The molecule has 0 aliphatic heterocycles. The van der Waals surface area contributed by atoms with Crippen molar-refractivity contribution in [2.75, 3.05) is 18.9 Å². The number of aryl methyl sites for hydroxylation is 1. The predicted octanol–water partition coefficient (Wildman–Crippen LogP) is 4.79. The Morgan fingerprint density at radius 1 is 0.963 bits per heavy atom. The molecule has 0 radical (unpaired) electrons. The summed E-state index contributed by atoms with van der Waals surface area (Å²) in [5.41, 5.74) is 3.87. The molecule has 4 heteroatoms. The van der Waals surface area contributed by atoms with Crippen LogP contribution in [0.15, 0.2) is 78.9 Å². The van der Waals surface area contributed by atoms with Gasteiger partial charge >= 0.3 is 0 Å². The first-order valence-corrected chi connectivity index (χ1v) is 8.90. The molecular formula is C23H23FN2O. The first kappa shape index (κ1) is 18.8. The van der Waals surface area contributed by atoms with Gasteiger partial charge in [-0.05, 0) is 54.9 Å². The topological polar surface area (TPSA) is 32.3 Å². The van der Waals surface area contributed by atoms with Crippen LogP contribution in [0.5, 0.6) is 0 Å². The van der Waals surface area contributed by atoms with Crippen LogP contribution in [0.2, 0.25) is 0 Å². The zero-order chi connectivity index (χ0) is 19.2. The van der Waals surface area contributed by atoms with E-state index < -0.39 is 0 Å². The van der Waals surface area contributed by atoms with Crippen LogP contribution < -0.4 is 5.32 Å². The maximum atomic E-state index is 13.4. The number of amides is 1. The Labute approximate surface area is 159 Å². The van der Waals surface area contributed by atoms with E-state index in [0.717, 1.165) is 22.4 Å². The third-order valence-electron chi connectivity index (χ3n) is 4.44. The Balaban J connectivity index is 1.79. The third-order valence-corrected chi connectivity index (χ3v) is 4.44. The molecule has 0 spiro atoms. The van der Waals surface area contributed by atoms with Crippen molar-refractivity contribution in [1.29, 1.82) is 0 Å². The quantitative estimate of drug-likeness (QED) is 0.683. The van der Waals surface area contributed by atoms with Crippen LogP contribution in [0.4, 0.5) is 10.1 Å². The molecule has 3 aromatic carbocycles. The number of carbonyl (C=O) groups is 1. The summed E-state index contributed by atoms with van der Waals surface area (Å²) in [6.07, 6.45) is 0. The molecule has 1 N–H and O–H groups in total. The summed E-state index contributed by atoms with van der Waals surface area (Å²) in [5, 5.41) is 2.94. The van der Waals surface area contributed by atoms with Gasteiger partial charge in [0.2, 0.25) is 5.91 Å². The lowest BCUT2D eigenvalue weighted by Crippen LogP contribution is -2.34. The lowest BCUT2D eigenvalue weighted by Gasteiger charge is -2.28. The molecule has 138 valence electrons. The van der Waals surface area contributed by atoms with Crippen molar-refractivity contribution in [2.45, 2.75) is 13.0 Å². The van der Waals surface area contributed by atoms with E-state index in [2.05, 4.69) is 5.32 Å². The van der Waals surface area contributed by atoms with Gasteiger partial charge < -0.3 is 5.32 Å². The van der Waals surface area contributed by atoms with Gasteiger partial charge in [0, 0.05) is 5.69 Å². The highest BCUT2D eigenvalue weighted by atomic mass is 19.1. The number of likely N-dealkylation sites (N-methyl/N-ethyl adjacent to an activating group) is 1. The molecule has 0 bridgehead atoms. The van der Waals surface area contributed by atoms with Crippen LogP contribution >= 0.6 is 0 Å². The number of halogens is 1. The maximum absolute atomic E-state index is 13.4. The van der Waals surface area contributed by atoms with Gasteiger partial charge in [-0.2, -0.15) is 0 Å². The van der Waals surface area contributed by atoms with Gasteiger partial charge in [-0.3, -0.25) is 9.69 Å². The maximum Gasteiger partial charge on any atom is 0.238 e. The standard InChI is InChI=1S/C23H23FN2O/c1-17-7-6-10-21(15-17)25-22(27)16-26(2)23(18-8-4-3-5-9-18)19-11-13-20(24)14-12-19/h3-15,23H,16H2,1-2H3,(H,25,27). The normalized spacial score (nSPS) is 12.0. The molecule has 0 aromatic heterocycles. The van der Waals surface area contributed by atoms with Crippen LogP contribution in [-0.4, -0.2) is 24.4 Å². The molecule has 3 rings (SSSR count). The van der Waals surface area contributed by atoms with Crippen molar-refractivity contribution in [3.8, 4) is 0 Å². The number of nitrogens with one attached hydrogen (secondary N) is 1. The summed E-state index contributed by atoms with van der Waals surface area (Å²) in [4.78, 5) is 14.5. The molecule has 27 heavy (non-hydrogen) atoms. The number of rotatable bonds is 6. The predicted molar refractivity (Wildman–Crippen MR) is 107 cm³/mol. The van der Waals surface area contributed by atoms with Gasteiger partial charge in [0.25, 0.3) is 0 Å². The Bertz CT molecular complexity index is 894. The zero-order valence-electron chi connectivity index (χ0n) is 15.5. The van der Waals surface area contributed by atoms with E-state index in [1.165, 1.54) is 12.1 Å². The molecule has 1 unspecified atom stereocenters. The smallest absolute Gasteiger partial charge is 0.238 e. The number of benzene rings is 3. The molecule has 0 aliphatic rings. The lowest BCUT2D eigenvalue weighted by atomic mass is 9.97. The first-order chi connectivity index (χ1) is 13.0. The average Bonchev–Trinajstić information content (AvgIpc) is 2.64. The minimum absolute atomic E-state index is 0.0915. The SMILES string of the molecule is Cc1cccc(NC(=O)CN(C)C(c2ccccc2)c2ccc(F)cc2)c1. The second-order valence-electron chi connectivity index (χ2n) is 6.70. The molecule has 0 saturated carbocycles. The Hall–Kier alpha value is -2.98. The van der Waals surface area contributed by atoms with E-state index in [9.17, 15) is 9.18 Å². The second kappa shape index (κ2) is 8.60. The second-order valence-corrected chi connectivity index (χ2v) is 6.70. The van der Waals surface area contributed by atoms with Crippen molar-refractivity contribution in [1.82, 2.24) is 4.90 Å². The van der Waals surface area contributed by atoms with E-state index in [0.29, 0.717) is 0 Å². The average molecular weight is 362 g/mol. The van der Waals surface area contributed by atoms with Crippen LogP contribution in [-0.2, 0) is 4.79 Å². The van der Waals surface area contributed by atoms with E-state index in [1.807, 2.05) is 73.5 Å². The van der Waals surface area contributed by atoms with Crippen LogP contribution in [0.3, 0.4) is 0 Å². The molecule has 0 heterocycles. The van der Waals surface area contributed by atoms with Crippen molar-refractivity contribution in [3.63, 3.8) is 0 Å². The Morgan fingerprint density at radius 3 is 2.30 bits per heavy atom. The lowest BCUT2D eigenvalue weighted by molar-refractivity contribution is -0.117. The van der Waals surface area contributed by atoms with E-state index >= 15 is 0 Å². The number of nitrogens with zero attached hydrogens (tertiary/aromatic N) is 1. The van der Waals surface area contributed by atoms with Gasteiger partial charge in [-0.15, -0.1) is 0 Å². The first-order valence-electron chi connectivity index (χ1n) is 8.90. The molecule has 1 atom stereocenters. The summed E-state index contributed by atoms with van der Waals surface area (Å²) in [6, 6.07) is 23.9. The van der Waals surface area contributed by atoms with Crippen molar-refractivity contribution < 1.29 is 9.18 Å². The molecule has 0 aliphatic carbocycles. The monoisotopic (exact) mass is 362 g/mol. The minimum Gasteiger partial charge on any atom is -0.325 e. The van der Waals surface area contributed by atoms with E-state index in [4.69, 9.17) is 0 Å². The van der Waals surface area contributed by atoms with Crippen molar-refractivity contribution in [3.05, 3.63) is 101 Å². The van der Waals surface area contributed by atoms with Gasteiger partial charge in [0.1, 0.15) is 5.82 Å². The molecular weight excluding hydrogens is 339 g/mol. The van der Waals surface area contributed by atoms with E-state index in [-0.39, 0.29) is 24.3 Å². The van der Waals surface area contributed by atoms with Gasteiger partial charge in [-0.25, -0.2) is 4.39 Å². The summed E-state index contributed by atoms with van der Waals surface area (Å²) in [7, 11) is 1.90. The number of anilines is 1. The highest BCUT2D eigenvalue weighted by Gasteiger charge is 2.21. The number of hydrogen-bond donors (Lipinski definition) is 1. The van der Waals surface area contributed by atoms with Gasteiger partial charge in [-0.1, -0.05) is 54.6 Å². The third kappa shape index (κ3) is 5.02. The van der Waals surface area contributed by atoms with Crippen LogP contribution in [0, 0.1) is 12.7 Å². The highest BCUT2D eigenvalue weighted by Crippen LogP contribution is 2.27. The summed E-state index contributed by atoms with van der Waals surface area (Å²) < 4.78 is 13.4. The molecule has 3 aromatic rings. The van der Waals surface area contributed by atoms with Crippen LogP contribution in [0.1, 0.15) is 22.7 Å². The largest absolute Gasteiger partial charge is 0.325 e. The van der Waals surface area contributed by atoms with Crippen LogP contribution in [0.25, 0.3) is 0 Å². The van der Waals surface area contributed by atoms with Crippen molar-refractivity contribution >= 4 is 11.6 Å². The fraction of sp³-hybridized carbons (Fsp3) is 0.174. The summed E-state index contributed by atoms with van der Waals surface area (Å²) >= 11 is 0. The summed E-state index contributed by atoms with van der Waals surface area (Å²) in [6.45, 7) is 2.20. The Kier molecular flexibility index (Phi) is 5.99. The molecule has 3 nitrogen and oxygen atoms in total. The van der Waals surface area contributed by atoms with Gasteiger partial charge in [0.15, 0.2) is 0 Å². The molecule has 1 amide bonds. The highest BCUT2D eigenvalue weighted by molar-refractivity contribution is 5.92.